The van der Waals surface area contributed by atoms with Gasteiger partial charge in [-0.25, -0.2) is 8.78 Å². The van der Waals surface area contributed by atoms with Gasteiger partial charge in [0.25, 0.3) is 5.91 Å². The number of nitrogens with zero attached hydrogens (tertiary/aromatic N) is 3. The quantitative estimate of drug-likeness (QED) is 0.500. The Morgan fingerprint density at radius 1 is 1.08 bits per heavy atom. The number of H-pyrrole nitrogens is 1. The summed E-state index contributed by atoms with van der Waals surface area (Å²) in [5, 5.41) is 10.9. The summed E-state index contributed by atoms with van der Waals surface area (Å²) in [6.07, 6.45) is 5.28. The number of aromatic nitrogens is 2. The molecule has 3 aromatic rings. The van der Waals surface area contributed by atoms with E-state index in [1.165, 1.54) is 12.5 Å². The number of benzene rings is 2. The number of likely N-dealkylation sites (tertiary alicyclic amines) is 2. The summed E-state index contributed by atoms with van der Waals surface area (Å²) in [6, 6.07) is 8.87. The molecule has 8 heteroatoms. The Morgan fingerprint density at radius 2 is 1.83 bits per heavy atom. The molecular formula is C28H35F2N5O. The van der Waals surface area contributed by atoms with Crippen molar-refractivity contribution < 1.29 is 13.6 Å². The van der Waals surface area contributed by atoms with Crippen molar-refractivity contribution in [3.8, 4) is 11.1 Å². The Kier molecular flexibility index (Phi) is 7.34. The van der Waals surface area contributed by atoms with Crippen LogP contribution in [0.3, 0.4) is 0 Å². The average Bonchev–Trinajstić information content (AvgIpc) is 3.30. The highest BCUT2D eigenvalue weighted by molar-refractivity contribution is 6.05. The Hall–Kier alpha value is -2.84. The Labute approximate surface area is 211 Å². The zero-order chi connectivity index (χ0) is 25.2. The van der Waals surface area contributed by atoms with Crippen LogP contribution in [0, 0.1) is 11.6 Å². The van der Waals surface area contributed by atoms with Crippen LogP contribution in [0.15, 0.2) is 30.3 Å². The molecule has 0 unspecified atom stereocenters. The van der Waals surface area contributed by atoms with Crippen molar-refractivity contribution in [1.82, 2.24) is 25.3 Å². The topological polar surface area (TPSA) is 64.3 Å². The molecule has 2 aromatic carbocycles. The maximum absolute atomic E-state index is 14.9. The normalized spacial score (nSPS) is 18.2. The summed E-state index contributed by atoms with van der Waals surface area (Å²) in [5.74, 6) is -1.97. The number of aromatic amines is 1. The fourth-order valence-electron chi connectivity index (χ4n) is 5.49. The number of hydrogen-bond acceptors (Lipinski definition) is 4. The molecule has 0 spiro atoms. The van der Waals surface area contributed by atoms with Crippen molar-refractivity contribution >= 4 is 16.8 Å². The van der Waals surface area contributed by atoms with Crippen molar-refractivity contribution in [3.63, 3.8) is 0 Å². The maximum atomic E-state index is 14.9. The summed E-state index contributed by atoms with van der Waals surface area (Å²) < 4.78 is 29.5. The minimum absolute atomic E-state index is 0.0976. The lowest BCUT2D eigenvalue weighted by Crippen LogP contribution is -2.46. The van der Waals surface area contributed by atoms with Crippen LogP contribution in [0.1, 0.15) is 62.0 Å². The van der Waals surface area contributed by atoms with Gasteiger partial charge in [0.1, 0.15) is 0 Å². The number of rotatable bonds is 6. The van der Waals surface area contributed by atoms with Crippen LogP contribution in [-0.4, -0.2) is 64.2 Å². The molecular weight excluding hydrogens is 460 g/mol. The van der Waals surface area contributed by atoms with Gasteiger partial charge in [-0.1, -0.05) is 12.5 Å². The van der Waals surface area contributed by atoms with Crippen molar-refractivity contribution in [3.05, 3.63) is 53.2 Å². The van der Waals surface area contributed by atoms with E-state index in [-0.39, 0.29) is 23.2 Å². The first kappa shape index (κ1) is 24.8. The first-order chi connectivity index (χ1) is 17.4. The van der Waals surface area contributed by atoms with E-state index in [9.17, 15) is 13.6 Å². The fourth-order valence-corrected chi connectivity index (χ4v) is 5.49. The number of amides is 1. The van der Waals surface area contributed by atoms with E-state index in [4.69, 9.17) is 0 Å². The lowest BCUT2D eigenvalue weighted by molar-refractivity contribution is 0.0897. The number of nitrogens with one attached hydrogen (secondary N) is 2. The molecule has 2 aliphatic heterocycles. The molecule has 192 valence electrons. The molecule has 0 bridgehead atoms. The number of carbonyl (C=O) groups excluding carboxylic acids is 1. The van der Waals surface area contributed by atoms with Crippen molar-refractivity contribution in [2.75, 3.05) is 26.2 Å². The molecule has 3 heterocycles. The van der Waals surface area contributed by atoms with E-state index in [1.807, 2.05) is 0 Å². The molecule has 2 N–H and O–H groups in total. The van der Waals surface area contributed by atoms with Gasteiger partial charge in [-0.3, -0.25) is 14.8 Å². The van der Waals surface area contributed by atoms with Gasteiger partial charge in [0.05, 0.1) is 5.52 Å². The largest absolute Gasteiger partial charge is 0.348 e. The molecule has 1 amide bonds. The van der Waals surface area contributed by atoms with E-state index in [2.05, 4.69) is 39.2 Å². The van der Waals surface area contributed by atoms with Crippen LogP contribution in [0.25, 0.3) is 22.0 Å². The van der Waals surface area contributed by atoms with Gasteiger partial charge < -0.3 is 10.2 Å². The third-order valence-corrected chi connectivity index (χ3v) is 7.63. The van der Waals surface area contributed by atoms with E-state index in [0.29, 0.717) is 29.1 Å². The summed E-state index contributed by atoms with van der Waals surface area (Å²) in [6.45, 7) is 8.82. The maximum Gasteiger partial charge on any atom is 0.272 e. The predicted molar refractivity (Wildman–Crippen MR) is 138 cm³/mol. The molecule has 36 heavy (non-hydrogen) atoms. The number of fused-ring (bicyclic) bond motifs is 1. The highest BCUT2D eigenvalue weighted by Crippen LogP contribution is 2.30. The molecule has 0 radical (unpaired) electrons. The van der Waals surface area contributed by atoms with Crippen LogP contribution in [0.4, 0.5) is 8.78 Å². The van der Waals surface area contributed by atoms with Crippen molar-refractivity contribution in [1.29, 1.82) is 0 Å². The fraction of sp³-hybridized carbons (Fsp3) is 0.500. The van der Waals surface area contributed by atoms with Crippen LogP contribution in [0.5, 0.6) is 0 Å². The third-order valence-electron chi connectivity index (χ3n) is 7.63. The third kappa shape index (κ3) is 5.30. The summed E-state index contributed by atoms with van der Waals surface area (Å²) >= 11 is 0. The van der Waals surface area contributed by atoms with Crippen LogP contribution < -0.4 is 5.32 Å². The summed E-state index contributed by atoms with van der Waals surface area (Å²) in [7, 11) is 0. The van der Waals surface area contributed by atoms with Gasteiger partial charge in [-0.15, -0.1) is 0 Å². The summed E-state index contributed by atoms with van der Waals surface area (Å²) in [5.41, 5.74) is 2.45. The van der Waals surface area contributed by atoms with Crippen molar-refractivity contribution in [2.24, 2.45) is 0 Å². The van der Waals surface area contributed by atoms with Gasteiger partial charge in [0.15, 0.2) is 17.3 Å². The Morgan fingerprint density at radius 3 is 2.56 bits per heavy atom. The second-order valence-electron chi connectivity index (χ2n) is 10.5. The SMILES string of the molecule is CC(C)N1CCC(NC(=O)c2n[nH]c3ccc(-c4cc(CN5CCCCC5)cc(F)c4F)cc23)CC1. The molecule has 1 aromatic heterocycles. The second kappa shape index (κ2) is 10.6. The Balaban J connectivity index is 1.38. The molecule has 6 nitrogen and oxygen atoms in total. The van der Waals surface area contributed by atoms with Crippen LogP contribution in [0.2, 0.25) is 0 Å². The lowest BCUT2D eigenvalue weighted by Gasteiger charge is -2.34. The van der Waals surface area contributed by atoms with E-state index in [0.717, 1.165) is 57.4 Å². The van der Waals surface area contributed by atoms with E-state index in [1.54, 1.807) is 24.3 Å². The highest BCUT2D eigenvalue weighted by atomic mass is 19.2. The molecule has 0 atom stereocenters. The molecule has 2 saturated heterocycles. The monoisotopic (exact) mass is 495 g/mol. The number of piperidine rings is 2. The summed E-state index contributed by atoms with van der Waals surface area (Å²) in [4.78, 5) is 17.8. The highest BCUT2D eigenvalue weighted by Gasteiger charge is 2.24. The number of halogens is 2. The first-order valence-corrected chi connectivity index (χ1v) is 13.1. The second-order valence-corrected chi connectivity index (χ2v) is 10.5. The number of carbonyl (C=O) groups is 1. The van der Waals surface area contributed by atoms with Gasteiger partial charge in [0.2, 0.25) is 0 Å². The number of hydrogen-bond donors (Lipinski definition) is 2. The zero-order valence-corrected chi connectivity index (χ0v) is 21.1. The minimum Gasteiger partial charge on any atom is -0.348 e. The predicted octanol–water partition coefficient (Wildman–Crippen LogP) is 5.10. The molecule has 0 saturated carbocycles. The standard InChI is InChI=1S/C28H35F2N5O/c1-18(2)35-12-8-21(9-13-35)31-28(36)27-23-16-20(6-7-25(23)32-33-27)22-14-19(15-24(29)26(22)30)17-34-10-4-3-5-11-34/h6-7,14-16,18,21H,3-5,8-13,17H2,1-2H3,(H,31,36)(H,32,33). The van der Waals surface area contributed by atoms with E-state index < -0.39 is 11.6 Å². The van der Waals surface area contributed by atoms with Gasteiger partial charge in [0, 0.05) is 42.7 Å². The van der Waals surface area contributed by atoms with Gasteiger partial charge in [-0.05, 0) is 88.0 Å². The molecule has 5 rings (SSSR count). The van der Waals surface area contributed by atoms with E-state index >= 15 is 0 Å². The lowest BCUT2D eigenvalue weighted by atomic mass is 9.99. The van der Waals surface area contributed by atoms with Crippen LogP contribution in [-0.2, 0) is 6.54 Å². The van der Waals surface area contributed by atoms with Crippen molar-refractivity contribution in [2.45, 2.75) is 64.6 Å². The smallest absolute Gasteiger partial charge is 0.272 e. The molecule has 2 aliphatic rings. The molecule has 2 fully saturated rings. The Bertz CT molecular complexity index is 1230. The minimum atomic E-state index is -0.872. The van der Waals surface area contributed by atoms with Gasteiger partial charge >= 0.3 is 0 Å². The zero-order valence-electron chi connectivity index (χ0n) is 21.1. The van der Waals surface area contributed by atoms with Crippen LogP contribution >= 0.6 is 0 Å². The molecule has 0 aliphatic carbocycles. The first-order valence-electron chi connectivity index (χ1n) is 13.1. The average molecular weight is 496 g/mol. The van der Waals surface area contributed by atoms with Gasteiger partial charge in [-0.2, -0.15) is 5.10 Å².